The molecule has 1 N–H and O–H groups in total. The predicted molar refractivity (Wildman–Crippen MR) is 86.0 cm³/mol. The molecule has 1 aromatic rings. The number of likely N-dealkylation sites (N-methyl/N-ethyl adjacent to an activating group) is 1. The molecule has 126 valence electrons. The van der Waals surface area contributed by atoms with Crippen molar-refractivity contribution in [3.63, 3.8) is 0 Å². The largest absolute Gasteiger partial charge is 0.459 e. The highest BCUT2D eigenvalue weighted by atomic mass is 16.3. The van der Waals surface area contributed by atoms with Crippen molar-refractivity contribution < 1.29 is 14.0 Å². The lowest BCUT2D eigenvalue weighted by Gasteiger charge is -2.40. The lowest BCUT2D eigenvalue weighted by molar-refractivity contribution is -0.138. The molecule has 0 aromatic carbocycles. The van der Waals surface area contributed by atoms with Gasteiger partial charge in [-0.15, -0.1) is 0 Å². The van der Waals surface area contributed by atoms with E-state index >= 15 is 0 Å². The summed E-state index contributed by atoms with van der Waals surface area (Å²) in [5.74, 6) is 0.233. The highest BCUT2D eigenvalue weighted by Crippen LogP contribution is 2.23. The van der Waals surface area contributed by atoms with Gasteiger partial charge in [0.15, 0.2) is 5.76 Å². The Kier molecular flexibility index (Phi) is 5.00. The van der Waals surface area contributed by atoms with Crippen molar-refractivity contribution in [3.05, 3.63) is 24.2 Å². The van der Waals surface area contributed by atoms with E-state index in [1.807, 2.05) is 11.9 Å². The molecule has 0 bridgehead atoms. The number of carbonyl (C=O) groups is 2. The number of hydrogen-bond acceptors (Lipinski definition) is 4. The fourth-order valence-corrected chi connectivity index (χ4v) is 3.60. The molecule has 2 saturated heterocycles. The van der Waals surface area contributed by atoms with Crippen LogP contribution in [0.2, 0.25) is 0 Å². The molecular formula is C17H25N3O3. The number of piperidine rings is 2. The highest BCUT2D eigenvalue weighted by molar-refractivity contribution is 5.95. The van der Waals surface area contributed by atoms with Crippen LogP contribution < -0.4 is 5.32 Å². The summed E-state index contributed by atoms with van der Waals surface area (Å²) in [6, 6.07) is 3.37. The van der Waals surface area contributed by atoms with Gasteiger partial charge in [0.05, 0.1) is 6.26 Å². The van der Waals surface area contributed by atoms with Gasteiger partial charge in [0.1, 0.15) is 6.04 Å². The summed E-state index contributed by atoms with van der Waals surface area (Å²) >= 11 is 0. The van der Waals surface area contributed by atoms with E-state index in [4.69, 9.17) is 4.42 Å². The molecule has 0 radical (unpaired) electrons. The topological polar surface area (TPSA) is 65.8 Å². The molecule has 0 aliphatic carbocycles. The van der Waals surface area contributed by atoms with E-state index in [2.05, 4.69) is 5.32 Å². The first-order valence-electron chi connectivity index (χ1n) is 8.51. The molecular weight excluding hydrogens is 294 g/mol. The first-order chi connectivity index (χ1) is 11.2. The number of nitrogens with zero attached hydrogens (tertiary/aromatic N) is 2. The minimum atomic E-state index is -0.350. The summed E-state index contributed by atoms with van der Waals surface area (Å²) < 4.78 is 5.23. The minimum Gasteiger partial charge on any atom is -0.459 e. The van der Waals surface area contributed by atoms with Gasteiger partial charge in [-0.1, -0.05) is 0 Å². The third kappa shape index (κ3) is 3.42. The molecule has 2 aliphatic rings. The van der Waals surface area contributed by atoms with Crippen LogP contribution in [0.3, 0.4) is 0 Å². The molecule has 2 unspecified atom stereocenters. The van der Waals surface area contributed by atoms with Crippen LogP contribution >= 0.6 is 0 Å². The third-order valence-electron chi connectivity index (χ3n) is 4.92. The molecule has 2 atom stereocenters. The van der Waals surface area contributed by atoms with Crippen molar-refractivity contribution in [2.75, 3.05) is 26.7 Å². The lowest BCUT2D eigenvalue weighted by atomic mass is 9.98. The second-order valence-electron chi connectivity index (χ2n) is 6.40. The van der Waals surface area contributed by atoms with E-state index < -0.39 is 0 Å². The second-order valence-corrected chi connectivity index (χ2v) is 6.40. The summed E-state index contributed by atoms with van der Waals surface area (Å²) in [7, 11) is 1.94. The van der Waals surface area contributed by atoms with E-state index in [1.54, 1.807) is 17.0 Å². The Bertz CT molecular complexity index is 543. The highest BCUT2D eigenvalue weighted by Gasteiger charge is 2.37. The maximum atomic E-state index is 13.0. The molecule has 0 spiro atoms. The minimum absolute atomic E-state index is 0.0876. The quantitative estimate of drug-likeness (QED) is 0.916. The van der Waals surface area contributed by atoms with E-state index in [9.17, 15) is 9.59 Å². The number of furan rings is 1. The van der Waals surface area contributed by atoms with Crippen LogP contribution in [-0.2, 0) is 4.79 Å². The monoisotopic (exact) mass is 319 g/mol. The average molecular weight is 319 g/mol. The maximum Gasteiger partial charge on any atom is 0.290 e. The van der Waals surface area contributed by atoms with Crippen molar-refractivity contribution in [2.45, 2.75) is 44.2 Å². The van der Waals surface area contributed by atoms with Gasteiger partial charge in [0.2, 0.25) is 5.91 Å². The first kappa shape index (κ1) is 16.1. The number of hydrogen-bond donors (Lipinski definition) is 1. The molecule has 23 heavy (non-hydrogen) atoms. The van der Waals surface area contributed by atoms with Gasteiger partial charge < -0.3 is 19.5 Å². The van der Waals surface area contributed by atoms with Crippen LogP contribution in [0.1, 0.15) is 42.7 Å². The Hall–Kier alpha value is -1.82. The van der Waals surface area contributed by atoms with Crippen LogP contribution in [0.15, 0.2) is 22.8 Å². The zero-order valence-electron chi connectivity index (χ0n) is 13.7. The summed E-state index contributed by atoms with van der Waals surface area (Å²) in [6.07, 6.45) is 6.27. The van der Waals surface area contributed by atoms with E-state index in [1.165, 1.54) is 6.26 Å². The molecule has 1 aromatic heterocycles. The van der Waals surface area contributed by atoms with Gasteiger partial charge in [0, 0.05) is 25.7 Å². The summed E-state index contributed by atoms with van der Waals surface area (Å²) in [6.45, 7) is 2.14. The predicted octanol–water partition coefficient (Wildman–Crippen LogP) is 1.48. The Morgan fingerprint density at radius 1 is 1.22 bits per heavy atom. The van der Waals surface area contributed by atoms with Crippen molar-refractivity contribution in [1.82, 2.24) is 15.1 Å². The summed E-state index contributed by atoms with van der Waals surface area (Å²) in [5, 5.41) is 3.26. The SMILES string of the molecule is CNC1CCCN(C(=O)C2CCCCN2C(=O)c2ccco2)C1. The molecule has 3 heterocycles. The standard InChI is InChI=1S/C17H25N3O3/c1-18-13-6-4-9-19(12-13)16(21)14-7-2-3-10-20(14)17(22)15-8-5-11-23-15/h5,8,11,13-14,18H,2-4,6-7,9-10,12H2,1H3. The number of nitrogens with one attached hydrogen (secondary N) is 1. The van der Waals surface area contributed by atoms with E-state index in [-0.39, 0.29) is 17.9 Å². The van der Waals surface area contributed by atoms with Gasteiger partial charge in [-0.25, -0.2) is 0 Å². The molecule has 6 heteroatoms. The number of rotatable bonds is 3. The number of likely N-dealkylation sites (tertiary alicyclic amines) is 2. The Balaban J connectivity index is 1.73. The average Bonchev–Trinajstić information content (AvgIpc) is 3.15. The van der Waals surface area contributed by atoms with Crippen LogP contribution in [-0.4, -0.2) is 60.4 Å². The van der Waals surface area contributed by atoms with Crippen LogP contribution in [0.5, 0.6) is 0 Å². The van der Waals surface area contributed by atoms with Crippen LogP contribution in [0.4, 0.5) is 0 Å². The van der Waals surface area contributed by atoms with Crippen molar-refractivity contribution in [3.8, 4) is 0 Å². The first-order valence-corrected chi connectivity index (χ1v) is 8.51. The Morgan fingerprint density at radius 2 is 2.09 bits per heavy atom. The molecule has 2 aliphatic heterocycles. The van der Waals surface area contributed by atoms with Gasteiger partial charge in [-0.05, 0) is 51.3 Å². The zero-order chi connectivity index (χ0) is 16.2. The zero-order valence-corrected chi connectivity index (χ0v) is 13.7. The van der Waals surface area contributed by atoms with Crippen LogP contribution in [0, 0.1) is 0 Å². The lowest BCUT2D eigenvalue weighted by Crippen LogP contribution is -2.56. The van der Waals surface area contributed by atoms with Gasteiger partial charge in [-0.2, -0.15) is 0 Å². The Labute approximate surface area is 136 Å². The van der Waals surface area contributed by atoms with Crippen molar-refractivity contribution >= 4 is 11.8 Å². The molecule has 6 nitrogen and oxygen atoms in total. The second kappa shape index (κ2) is 7.17. The fraction of sp³-hybridized carbons (Fsp3) is 0.647. The fourth-order valence-electron chi connectivity index (χ4n) is 3.60. The van der Waals surface area contributed by atoms with Crippen molar-refractivity contribution in [2.24, 2.45) is 0 Å². The smallest absolute Gasteiger partial charge is 0.290 e. The molecule has 2 amide bonds. The van der Waals surface area contributed by atoms with Gasteiger partial charge in [0.25, 0.3) is 5.91 Å². The van der Waals surface area contributed by atoms with Crippen molar-refractivity contribution in [1.29, 1.82) is 0 Å². The maximum absolute atomic E-state index is 13.0. The summed E-state index contributed by atoms with van der Waals surface area (Å²) in [4.78, 5) is 29.2. The number of carbonyl (C=O) groups excluding carboxylic acids is 2. The van der Waals surface area contributed by atoms with E-state index in [0.717, 1.165) is 45.2 Å². The van der Waals surface area contributed by atoms with Gasteiger partial charge in [-0.3, -0.25) is 9.59 Å². The normalized spacial score (nSPS) is 25.4. The molecule has 0 saturated carbocycles. The van der Waals surface area contributed by atoms with Crippen LogP contribution in [0.25, 0.3) is 0 Å². The third-order valence-corrected chi connectivity index (χ3v) is 4.92. The molecule has 2 fully saturated rings. The number of amides is 2. The molecule has 3 rings (SSSR count). The van der Waals surface area contributed by atoms with E-state index in [0.29, 0.717) is 18.3 Å². The summed E-state index contributed by atoms with van der Waals surface area (Å²) in [5.41, 5.74) is 0. The van der Waals surface area contributed by atoms with Gasteiger partial charge >= 0.3 is 0 Å². The Morgan fingerprint density at radius 3 is 2.83 bits per heavy atom.